The molecule has 1 aliphatic heterocycles. The number of hydrogen-bond donors (Lipinski definition) is 1. The van der Waals surface area contributed by atoms with E-state index in [0.29, 0.717) is 5.56 Å². The Labute approximate surface area is 121 Å². The molecule has 0 radical (unpaired) electrons. The average Bonchev–Trinajstić information content (AvgIpc) is 2.97. The smallest absolute Gasteiger partial charge is 0.254 e. The van der Waals surface area contributed by atoms with Gasteiger partial charge >= 0.3 is 0 Å². The first-order valence-electron chi connectivity index (χ1n) is 7.48. The lowest BCUT2D eigenvalue weighted by Gasteiger charge is -2.24. The van der Waals surface area contributed by atoms with Crippen LogP contribution in [-0.4, -0.2) is 48.2 Å². The van der Waals surface area contributed by atoms with Crippen molar-refractivity contribution in [3.8, 4) is 0 Å². The highest BCUT2D eigenvalue weighted by atomic mass is 16.3. The number of carbonyl (C=O) groups is 1. The first kappa shape index (κ1) is 14.9. The zero-order valence-electron chi connectivity index (χ0n) is 12.4. The van der Waals surface area contributed by atoms with E-state index >= 15 is 0 Å². The summed E-state index contributed by atoms with van der Waals surface area (Å²) < 4.78 is 0. The van der Waals surface area contributed by atoms with Gasteiger partial charge in [-0.3, -0.25) is 4.79 Å². The van der Waals surface area contributed by atoms with Crippen molar-refractivity contribution < 1.29 is 9.90 Å². The summed E-state index contributed by atoms with van der Waals surface area (Å²) in [4.78, 5) is 16.5. The van der Waals surface area contributed by atoms with Crippen molar-refractivity contribution >= 4 is 11.6 Å². The van der Waals surface area contributed by atoms with Crippen LogP contribution in [0.2, 0.25) is 0 Å². The number of likely N-dealkylation sites (tertiary alicyclic amines) is 1. The summed E-state index contributed by atoms with van der Waals surface area (Å²) in [6, 6.07) is 7.78. The van der Waals surface area contributed by atoms with E-state index in [0.717, 1.165) is 38.2 Å². The number of aliphatic hydroxyl groups is 1. The van der Waals surface area contributed by atoms with Crippen LogP contribution in [0, 0.1) is 0 Å². The highest BCUT2D eigenvalue weighted by Crippen LogP contribution is 2.21. The Kier molecular flexibility index (Phi) is 5.01. The molecular weight excluding hydrogens is 252 g/mol. The second-order valence-electron chi connectivity index (χ2n) is 5.20. The fourth-order valence-corrected chi connectivity index (χ4v) is 2.86. The van der Waals surface area contributed by atoms with Crippen molar-refractivity contribution in [3.63, 3.8) is 0 Å². The van der Waals surface area contributed by atoms with Gasteiger partial charge in [0.15, 0.2) is 0 Å². The molecule has 1 atom stereocenters. The summed E-state index contributed by atoms with van der Waals surface area (Å²) in [5.41, 5.74) is 1.85. The van der Waals surface area contributed by atoms with Gasteiger partial charge < -0.3 is 14.9 Å². The molecule has 2 rings (SSSR count). The molecule has 110 valence electrons. The summed E-state index contributed by atoms with van der Waals surface area (Å²) in [5.74, 6) is 0.0349. The number of nitrogens with zero attached hydrogens (tertiary/aromatic N) is 2. The molecule has 1 aromatic rings. The van der Waals surface area contributed by atoms with E-state index in [4.69, 9.17) is 0 Å². The lowest BCUT2D eigenvalue weighted by Crippen LogP contribution is -2.37. The van der Waals surface area contributed by atoms with Gasteiger partial charge in [-0.1, -0.05) is 0 Å². The molecule has 0 unspecified atom stereocenters. The zero-order chi connectivity index (χ0) is 14.5. The minimum atomic E-state index is -0.00930. The van der Waals surface area contributed by atoms with Gasteiger partial charge in [0.1, 0.15) is 0 Å². The second kappa shape index (κ2) is 6.75. The standard InChI is InChI=1S/C16H24N2O2/c1-3-17(4-2)14-9-7-13(8-10-14)16(20)18-11-5-6-15(18)12-19/h7-10,15,19H,3-6,11-12H2,1-2H3/t15-/m1/s1. The molecule has 4 heteroatoms. The quantitative estimate of drug-likeness (QED) is 0.896. The van der Waals surface area contributed by atoms with Crippen LogP contribution in [0.15, 0.2) is 24.3 Å². The van der Waals surface area contributed by atoms with E-state index in [9.17, 15) is 9.90 Å². The Morgan fingerprint density at radius 2 is 1.95 bits per heavy atom. The molecule has 1 saturated heterocycles. The molecule has 0 saturated carbocycles. The predicted molar refractivity (Wildman–Crippen MR) is 81.1 cm³/mol. The Morgan fingerprint density at radius 3 is 2.50 bits per heavy atom. The number of rotatable bonds is 5. The number of aliphatic hydroxyl groups excluding tert-OH is 1. The first-order chi connectivity index (χ1) is 9.71. The number of benzene rings is 1. The summed E-state index contributed by atoms with van der Waals surface area (Å²) in [6.07, 6.45) is 1.88. The lowest BCUT2D eigenvalue weighted by molar-refractivity contribution is 0.0677. The Hall–Kier alpha value is -1.55. The second-order valence-corrected chi connectivity index (χ2v) is 5.20. The zero-order valence-corrected chi connectivity index (χ0v) is 12.4. The van der Waals surface area contributed by atoms with Gasteiger partial charge in [-0.2, -0.15) is 0 Å². The molecule has 1 fully saturated rings. The Bertz CT molecular complexity index is 440. The summed E-state index contributed by atoms with van der Waals surface area (Å²) in [6.45, 7) is 6.98. The highest BCUT2D eigenvalue weighted by Gasteiger charge is 2.28. The van der Waals surface area contributed by atoms with E-state index in [1.54, 1.807) is 4.90 Å². The van der Waals surface area contributed by atoms with Gasteiger partial charge in [0.05, 0.1) is 12.6 Å². The number of anilines is 1. The maximum absolute atomic E-state index is 12.4. The van der Waals surface area contributed by atoms with Crippen LogP contribution in [0.25, 0.3) is 0 Å². The Balaban J connectivity index is 2.11. The highest BCUT2D eigenvalue weighted by molar-refractivity contribution is 5.95. The fraction of sp³-hybridized carbons (Fsp3) is 0.562. The minimum Gasteiger partial charge on any atom is -0.394 e. The third-order valence-corrected chi connectivity index (χ3v) is 4.09. The van der Waals surface area contributed by atoms with Crippen molar-refractivity contribution in [1.82, 2.24) is 4.90 Å². The molecule has 0 spiro atoms. The van der Waals surface area contributed by atoms with Gasteiger partial charge in [-0.25, -0.2) is 0 Å². The van der Waals surface area contributed by atoms with Crippen LogP contribution in [0.3, 0.4) is 0 Å². The van der Waals surface area contributed by atoms with E-state index in [1.165, 1.54) is 0 Å². The number of hydrogen-bond acceptors (Lipinski definition) is 3. The lowest BCUT2D eigenvalue weighted by atomic mass is 10.1. The molecule has 20 heavy (non-hydrogen) atoms. The van der Waals surface area contributed by atoms with Crippen molar-refractivity contribution in [3.05, 3.63) is 29.8 Å². The van der Waals surface area contributed by atoms with Crippen LogP contribution in [0.1, 0.15) is 37.0 Å². The molecule has 0 aliphatic carbocycles. The molecule has 0 bridgehead atoms. The molecule has 1 amide bonds. The largest absolute Gasteiger partial charge is 0.394 e. The first-order valence-corrected chi connectivity index (χ1v) is 7.48. The van der Waals surface area contributed by atoms with Crippen molar-refractivity contribution in [2.75, 3.05) is 31.1 Å². The van der Waals surface area contributed by atoms with Crippen LogP contribution in [0.5, 0.6) is 0 Å². The van der Waals surface area contributed by atoms with Gasteiger partial charge in [-0.15, -0.1) is 0 Å². The maximum Gasteiger partial charge on any atom is 0.254 e. The average molecular weight is 276 g/mol. The van der Waals surface area contributed by atoms with E-state index in [1.807, 2.05) is 24.3 Å². The van der Waals surface area contributed by atoms with Gasteiger partial charge in [0, 0.05) is 30.9 Å². The molecule has 1 aromatic carbocycles. The van der Waals surface area contributed by atoms with Crippen molar-refractivity contribution in [2.24, 2.45) is 0 Å². The van der Waals surface area contributed by atoms with Crippen LogP contribution in [0.4, 0.5) is 5.69 Å². The molecule has 1 aliphatic rings. The SMILES string of the molecule is CCN(CC)c1ccc(C(=O)N2CCC[C@@H]2CO)cc1. The third kappa shape index (κ3) is 2.96. The summed E-state index contributed by atoms with van der Waals surface area (Å²) in [5, 5.41) is 9.31. The van der Waals surface area contributed by atoms with Crippen LogP contribution in [-0.2, 0) is 0 Å². The predicted octanol–water partition coefficient (Wildman–Crippen LogP) is 2.13. The van der Waals surface area contributed by atoms with Gasteiger partial charge in [0.2, 0.25) is 0 Å². The third-order valence-electron chi connectivity index (χ3n) is 4.09. The van der Waals surface area contributed by atoms with Gasteiger partial charge in [-0.05, 0) is 51.0 Å². The van der Waals surface area contributed by atoms with Crippen LogP contribution >= 0.6 is 0 Å². The number of carbonyl (C=O) groups excluding carboxylic acids is 1. The van der Waals surface area contributed by atoms with Crippen LogP contribution < -0.4 is 4.90 Å². The van der Waals surface area contributed by atoms with Crippen molar-refractivity contribution in [1.29, 1.82) is 0 Å². The number of amides is 1. The summed E-state index contributed by atoms with van der Waals surface area (Å²) >= 11 is 0. The van der Waals surface area contributed by atoms with E-state index in [-0.39, 0.29) is 18.6 Å². The molecule has 1 N–H and O–H groups in total. The van der Waals surface area contributed by atoms with Crippen molar-refractivity contribution in [2.45, 2.75) is 32.7 Å². The maximum atomic E-state index is 12.4. The molecule has 0 aromatic heterocycles. The van der Waals surface area contributed by atoms with E-state index < -0.39 is 0 Å². The normalized spacial score (nSPS) is 18.4. The molecule has 4 nitrogen and oxygen atoms in total. The minimum absolute atomic E-state index is 0.00930. The molecule has 1 heterocycles. The Morgan fingerprint density at radius 1 is 1.30 bits per heavy atom. The fourth-order valence-electron chi connectivity index (χ4n) is 2.86. The van der Waals surface area contributed by atoms with E-state index in [2.05, 4.69) is 18.7 Å². The topological polar surface area (TPSA) is 43.8 Å². The monoisotopic (exact) mass is 276 g/mol. The molecular formula is C16H24N2O2. The van der Waals surface area contributed by atoms with Gasteiger partial charge in [0.25, 0.3) is 5.91 Å². The summed E-state index contributed by atoms with van der Waals surface area (Å²) in [7, 11) is 0.